The normalized spacial score (nSPS) is 14.6. The lowest BCUT2D eigenvalue weighted by atomic mass is 10.2. The van der Waals surface area contributed by atoms with Gasteiger partial charge in [-0.3, -0.25) is 4.79 Å². The summed E-state index contributed by atoms with van der Waals surface area (Å²) in [7, 11) is 0. The van der Waals surface area contributed by atoms with Gasteiger partial charge in [0.1, 0.15) is 10.8 Å². The topological polar surface area (TPSA) is 51.7 Å². The first kappa shape index (κ1) is 19.3. The van der Waals surface area contributed by atoms with Crippen LogP contribution in [-0.2, 0) is 9.53 Å². The molecule has 27 heavy (non-hydrogen) atoms. The smallest absolute Gasteiger partial charge is 0.254 e. The number of allylic oxidation sites excluding steroid dienone is 1. The molecule has 8 heteroatoms. The van der Waals surface area contributed by atoms with Crippen LogP contribution < -0.4 is 9.64 Å². The quantitative estimate of drug-likeness (QED) is 0.560. The summed E-state index contributed by atoms with van der Waals surface area (Å²) in [4.78, 5) is 16.3. The molecule has 0 N–H and O–H groups in total. The number of hydrogen-bond donors (Lipinski definition) is 0. The number of carbonyl (C=O) groups excluding carboxylic acids is 1. The molecule has 1 fully saturated rings. The Kier molecular flexibility index (Phi) is 6.03. The summed E-state index contributed by atoms with van der Waals surface area (Å²) in [5.74, 6) is -2.64. The molecular weight excluding hydrogens is 378 g/mol. The van der Waals surface area contributed by atoms with Crippen LogP contribution >= 0.6 is 11.6 Å². The number of ether oxygens (including phenoxy) is 2. The lowest BCUT2D eigenvalue weighted by Crippen LogP contribution is -2.37. The van der Waals surface area contributed by atoms with Crippen molar-refractivity contribution in [3.63, 3.8) is 0 Å². The molecule has 2 aromatic rings. The highest BCUT2D eigenvalue weighted by Gasteiger charge is 2.25. The van der Waals surface area contributed by atoms with E-state index in [1.54, 1.807) is 35.2 Å². The van der Waals surface area contributed by atoms with Gasteiger partial charge in [0.25, 0.3) is 5.95 Å². The van der Waals surface area contributed by atoms with E-state index >= 15 is 0 Å². The van der Waals surface area contributed by atoms with Gasteiger partial charge < -0.3 is 14.4 Å². The number of rotatable bonds is 5. The zero-order valence-electron chi connectivity index (χ0n) is 14.5. The average molecular weight is 395 g/mol. The van der Waals surface area contributed by atoms with E-state index in [1.165, 1.54) is 13.0 Å². The van der Waals surface area contributed by atoms with E-state index in [9.17, 15) is 13.6 Å². The number of ketones is 1. The Labute approximate surface area is 160 Å². The molecular formula is C19H17ClF2N2O3. The number of morpholine rings is 1. The van der Waals surface area contributed by atoms with Crippen LogP contribution in [0.15, 0.2) is 30.3 Å². The van der Waals surface area contributed by atoms with Crippen molar-refractivity contribution in [3.05, 3.63) is 52.7 Å². The molecule has 5 nitrogen and oxygen atoms in total. The van der Waals surface area contributed by atoms with Crippen molar-refractivity contribution in [1.82, 2.24) is 4.98 Å². The second-order valence-corrected chi connectivity index (χ2v) is 6.28. The fourth-order valence-electron chi connectivity index (χ4n) is 2.54. The zero-order valence-corrected chi connectivity index (χ0v) is 15.3. The standard InChI is InChI=1S/C19H17ClF2N2O3/c1-12(25)2-3-13-4-6-14(7-5-13)27-17-15(20)19(23-18(22)16(17)21)24-8-10-26-11-9-24/h2-7H,8-11H2,1H3/b3-2+. The van der Waals surface area contributed by atoms with Gasteiger partial charge in [0.15, 0.2) is 17.4 Å². The van der Waals surface area contributed by atoms with Crippen LogP contribution in [-0.4, -0.2) is 37.1 Å². The SMILES string of the molecule is CC(=O)/C=C/c1ccc(Oc2c(F)c(F)nc(N3CCOCC3)c2Cl)cc1. The molecule has 1 aliphatic rings. The minimum atomic E-state index is -1.28. The maximum atomic E-state index is 14.2. The monoisotopic (exact) mass is 394 g/mol. The molecule has 2 heterocycles. The Balaban J connectivity index is 1.87. The highest BCUT2D eigenvalue weighted by atomic mass is 35.5. The summed E-state index contributed by atoms with van der Waals surface area (Å²) in [6, 6.07) is 6.51. The van der Waals surface area contributed by atoms with E-state index in [-0.39, 0.29) is 22.4 Å². The molecule has 142 valence electrons. The molecule has 0 radical (unpaired) electrons. The summed E-state index contributed by atoms with van der Waals surface area (Å²) < 4.78 is 39.0. The number of aromatic nitrogens is 1. The Hall–Kier alpha value is -2.51. The van der Waals surface area contributed by atoms with Crippen molar-refractivity contribution in [1.29, 1.82) is 0 Å². The lowest BCUT2D eigenvalue weighted by Gasteiger charge is -2.29. The van der Waals surface area contributed by atoms with E-state index in [2.05, 4.69) is 4.98 Å². The molecule has 0 bridgehead atoms. The molecule has 0 spiro atoms. The maximum absolute atomic E-state index is 14.2. The minimum Gasteiger partial charge on any atom is -0.452 e. The molecule has 0 aliphatic carbocycles. The molecule has 0 atom stereocenters. The molecule has 0 unspecified atom stereocenters. The predicted octanol–water partition coefficient (Wildman–Crippen LogP) is 4.24. The molecule has 1 aliphatic heterocycles. The first-order chi connectivity index (χ1) is 13.0. The Morgan fingerprint density at radius 1 is 1.26 bits per heavy atom. The second kappa shape index (κ2) is 8.45. The molecule has 3 rings (SSSR count). The largest absolute Gasteiger partial charge is 0.452 e. The Morgan fingerprint density at radius 3 is 2.56 bits per heavy atom. The van der Waals surface area contributed by atoms with Crippen LogP contribution in [0, 0.1) is 11.8 Å². The summed E-state index contributed by atoms with van der Waals surface area (Å²) in [5.41, 5.74) is 0.763. The second-order valence-electron chi connectivity index (χ2n) is 5.90. The molecule has 1 aromatic carbocycles. The number of anilines is 1. The van der Waals surface area contributed by atoms with Crippen LogP contribution in [0.25, 0.3) is 6.08 Å². The maximum Gasteiger partial charge on any atom is 0.254 e. The first-order valence-corrected chi connectivity index (χ1v) is 8.67. The zero-order chi connectivity index (χ0) is 19.4. The van der Waals surface area contributed by atoms with Crippen LogP contribution in [0.2, 0.25) is 5.02 Å². The Morgan fingerprint density at radius 2 is 1.93 bits per heavy atom. The van der Waals surface area contributed by atoms with Crippen LogP contribution in [0.5, 0.6) is 11.5 Å². The minimum absolute atomic E-state index is 0.0768. The molecule has 1 aromatic heterocycles. The van der Waals surface area contributed by atoms with E-state index in [1.807, 2.05) is 0 Å². The fraction of sp³-hybridized carbons (Fsp3) is 0.263. The predicted molar refractivity (Wildman–Crippen MR) is 98.4 cm³/mol. The van der Waals surface area contributed by atoms with E-state index in [4.69, 9.17) is 21.1 Å². The number of benzene rings is 1. The Bertz CT molecular complexity index is 866. The van der Waals surface area contributed by atoms with Crippen molar-refractivity contribution in [2.24, 2.45) is 0 Å². The average Bonchev–Trinajstić information content (AvgIpc) is 2.68. The van der Waals surface area contributed by atoms with Gasteiger partial charge in [-0.05, 0) is 30.7 Å². The third kappa shape index (κ3) is 4.61. The van der Waals surface area contributed by atoms with Gasteiger partial charge in [0.05, 0.1) is 13.2 Å². The van der Waals surface area contributed by atoms with Gasteiger partial charge in [0, 0.05) is 13.1 Å². The van der Waals surface area contributed by atoms with Gasteiger partial charge in [-0.2, -0.15) is 13.8 Å². The van der Waals surface area contributed by atoms with Crippen molar-refractivity contribution >= 4 is 29.3 Å². The van der Waals surface area contributed by atoms with Crippen molar-refractivity contribution < 1.29 is 23.0 Å². The highest BCUT2D eigenvalue weighted by Crippen LogP contribution is 2.39. The fourth-order valence-corrected chi connectivity index (χ4v) is 2.82. The van der Waals surface area contributed by atoms with Crippen LogP contribution in [0.1, 0.15) is 12.5 Å². The molecule has 0 saturated carbocycles. The number of pyridine rings is 1. The van der Waals surface area contributed by atoms with Crippen LogP contribution in [0.4, 0.5) is 14.6 Å². The number of nitrogens with zero attached hydrogens (tertiary/aromatic N) is 2. The number of carbonyl (C=O) groups is 1. The van der Waals surface area contributed by atoms with E-state index in [0.717, 1.165) is 5.56 Å². The summed E-state index contributed by atoms with van der Waals surface area (Å²) in [6.07, 6.45) is 3.07. The summed E-state index contributed by atoms with van der Waals surface area (Å²) in [5, 5.41) is -0.101. The number of halogens is 3. The van der Waals surface area contributed by atoms with E-state index < -0.39 is 17.5 Å². The van der Waals surface area contributed by atoms with Crippen molar-refractivity contribution in [2.45, 2.75) is 6.92 Å². The van der Waals surface area contributed by atoms with Crippen molar-refractivity contribution in [3.8, 4) is 11.5 Å². The van der Waals surface area contributed by atoms with E-state index in [0.29, 0.717) is 26.3 Å². The van der Waals surface area contributed by atoms with Gasteiger partial charge in [-0.25, -0.2) is 0 Å². The van der Waals surface area contributed by atoms with Gasteiger partial charge >= 0.3 is 0 Å². The summed E-state index contributed by atoms with van der Waals surface area (Å²) in [6.45, 7) is 3.27. The third-order valence-electron chi connectivity index (χ3n) is 3.90. The van der Waals surface area contributed by atoms with Crippen LogP contribution in [0.3, 0.4) is 0 Å². The highest BCUT2D eigenvalue weighted by molar-refractivity contribution is 6.34. The van der Waals surface area contributed by atoms with Crippen molar-refractivity contribution in [2.75, 3.05) is 31.2 Å². The van der Waals surface area contributed by atoms with Gasteiger partial charge in [-0.1, -0.05) is 29.8 Å². The molecule has 0 amide bonds. The molecule has 1 saturated heterocycles. The van der Waals surface area contributed by atoms with Gasteiger partial charge in [-0.15, -0.1) is 0 Å². The number of hydrogen-bond acceptors (Lipinski definition) is 5. The first-order valence-electron chi connectivity index (χ1n) is 8.29. The third-order valence-corrected chi connectivity index (χ3v) is 4.24. The van der Waals surface area contributed by atoms with Gasteiger partial charge in [0.2, 0.25) is 5.82 Å². The summed E-state index contributed by atoms with van der Waals surface area (Å²) >= 11 is 6.26. The lowest BCUT2D eigenvalue weighted by molar-refractivity contribution is -0.112.